The van der Waals surface area contributed by atoms with Crippen LogP contribution in [0.1, 0.15) is 27.7 Å². The van der Waals surface area contributed by atoms with Gasteiger partial charge >= 0.3 is 6.09 Å². The average molecular weight is 440 g/mol. The first kappa shape index (κ1) is 20.8. The van der Waals surface area contributed by atoms with Gasteiger partial charge in [0.1, 0.15) is 17.8 Å². The van der Waals surface area contributed by atoms with Crippen LogP contribution in [-0.4, -0.2) is 50.8 Å². The number of ether oxygens (including phenoxy) is 1. The van der Waals surface area contributed by atoms with Crippen molar-refractivity contribution >= 4 is 50.3 Å². The molecule has 0 aliphatic heterocycles. The molecule has 10 heteroatoms. The Morgan fingerprint density at radius 3 is 2.59 bits per heavy atom. The number of fused-ring (bicyclic) bond motifs is 1. The summed E-state index contributed by atoms with van der Waals surface area (Å²) in [6.45, 7) is 7.30. The highest BCUT2D eigenvalue weighted by Crippen LogP contribution is 2.31. The summed E-state index contributed by atoms with van der Waals surface area (Å²) >= 11 is 3.34. The van der Waals surface area contributed by atoms with Gasteiger partial charge in [-0.1, -0.05) is 0 Å². The van der Waals surface area contributed by atoms with Crippen molar-refractivity contribution < 1.29 is 19.4 Å². The summed E-state index contributed by atoms with van der Waals surface area (Å²) in [6.07, 6.45) is 1.85. The van der Waals surface area contributed by atoms with Crippen LogP contribution < -0.4 is 10.7 Å². The summed E-state index contributed by atoms with van der Waals surface area (Å²) in [5.41, 5.74) is 3.71. The molecular weight excluding hydrogens is 418 g/mol. The number of carbonyl (C=O) groups is 2. The molecule has 2 rings (SSSR count). The molecule has 3 N–H and O–H groups in total. The lowest BCUT2D eigenvalue weighted by molar-refractivity contribution is -0.120. The van der Waals surface area contributed by atoms with E-state index < -0.39 is 11.6 Å². The van der Waals surface area contributed by atoms with E-state index in [1.165, 1.54) is 6.20 Å². The number of hydrogen-bond acceptors (Lipinski definition) is 6. The Morgan fingerprint density at radius 1 is 1.30 bits per heavy atom. The van der Waals surface area contributed by atoms with Crippen LogP contribution in [-0.2, 0) is 9.53 Å². The van der Waals surface area contributed by atoms with Crippen LogP contribution in [0, 0.1) is 0 Å². The molecule has 27 heavy (non-hydrogen) atoms. The van der Waals surface area contributed by atoms with Crippen molar-refractivity contribution in [2.75, 3.05) is 24.0 Å². The Kier molecular flexibility index (Phi) is 6.55. The first-order valence-corrected chi connectivity index (χ1v) is 9.04. The van der Waals surface area contributed by atoms with Crippen molar-refractivity contribution in [1.29, 1.82) is 0 Å². The van der Waals surface area contributed by atoms with Crippen LogP contribution in [0.4, 0.5) is 16.2 Å². The summed E-state index contributed by atoms with van der Waals surface area (Å²) in [5.74, 6) is -0.379. The Bertz CT molecular complexity index is 853. The van der Waals surface area contributed by atoms with E-state index in [9.17, 15) is 14.7 Å². The quantitative estimate of drug-likeness (QED) is 0.589. The summed E-state index contributed by atoms with van der Waals surface area (Å²) in [4.78, 5) is 32.4. The largest absolute Gasteiger partial charge is 0.464 e. The highest BCUT2D eigenvalue weighted by atomic mass is 79.9. The lowest BCUT2D eigenvalue weighted by Crippen LogP contribution is -2.48. The predicted octanol–water partition coefficient (Wildman–Crippen LogP) is 3.47. The molecule has 2 aromatic heterocycles. The van der Waals surface area contributed by atoms with E-state index in [4.69, 9.17) is 4.74 Å². The van der Waals surface area contributed by atoms with Gasteiger partial charge in [0.25, 0.3) is 0 Å². The van der Waals surface area contributed by atoms with E-state index in [-0.39, 0.29) is 12.5 Å². The van der Waals surface area contributed by atoms with E-state index in [0.717, 1.165) is 9.48 Å². The molecule has 0 aliphatic carbocycles. The van der Waals surface area contributed by atoms with Gasteiger partial charge in [0.15, 0.2) is 0 Å². The maximum atomic E-state index is 12.1. The van der Waals surface area contributed by atoms with Gasteiger partial charge in [-0.05, 0) is 49.7 Å². The monoisotopic (exact) mass is 439 g/mol. The van der Waals surface area contributed by atoms with E-state index in [1.807, 2.05) is 0 Å². The number of hydrogen-bond donors (Lipinski definition) is 3. The number of amides is 2. The van der Waals surface area contributed by atoms with E-state index in [1.54, 1.807) is 40.0 Å². The third-order valence-corrected chi connectivity index (χ3v) is 3.90. The number of hydrazine groups is 1. The molecule has 2 heterocycles. The maximum Gasteiger partial charge on any atom is 0.426 e. The summed E-state index contributed by atoms with van der Waals surface area (Å²) in [7, 11) is 0. The molecule has 0 bridgehead atoms. The number of nitrogens with one attached hydrogen (secondary N) is 2. The lowest BCUT2D eigenvalue weighted by atomic mass is 10.1. The van der Waals surface area contributed by atoms with Gasteiger partial charge < -0.3 is 15.2 Å². The molecule has 2 amide bonds. The molecule has 0 spiro atoms. The predicted molar refractivity (Wildman–Crippen MR) is 106 cm³/mol. The summed E-state index contributed by atoms with van der Waals surface area (Å²) in [6, 6.07) is 1.75. The molecule has 0 unspecified atom stereocenters. The Labute approximate surface area is 165 Å². The van der Waals surface area contributed by atoms with Crippen molar-refractivity contribution in [3.8, 4) is 0 Å². The number of aromatic nitrogens is 2. The van der Waals surface area contributed by atoms with Gasteiger partial charge in [0, 0.05) is 17.3 Å². The molecule has 0 saturated heterocycles. The van der Waals surface area contributed by atoms with Crippen molar-refractivity contribution in [2.45, 2.75) is 33.2 Å². The fourth-order valence-electron chi connectivity index (χ4n) is 2.25. The van der Waals surface area contributed by atoms with Gasteiger partial charge in [-0.15, -0.1) is 0 Å². The SMILES string of the molecule is CCOCC(=O)Nc1cnc2cc(Br)cnc2c1NN(C(=O)O)C(C)(C)C. The van der Waals surface area contributed by atoms with Gasteiger partial charge in [-0.3, -0.25) is 20.2 Å². The fraction of sp³-hybridized carbons (Fsp3) is 0.412. The van der Waals surface area contributed by atoms with Gasteiger partial charge in [0.2, 0.25) is 5.91 Å². The number of nitrogens with zero attached hydrogens (tertiary/aromatic N) is 3. The molecule has 0 radical (unpaired) electrons. The molecular formula is C17H22BrN5O4. The normalized spacial score (nSPS) is 11.3. The van der Waals surface area contributed by atoms with Crippen LogP contribution in [0.25, 0.3) is 11.0 Å². The van der Waals surface area contributed by atoms with Crippen LogP contribution in [0.5, 0.6) is 0 Å². The standard InChI is InChI=1S/C17H22BrN5O4/c1-5-27-9-13(24)21-12-8-19-11-6-10(18)7-20-14(11)15(12)22-23(16(25)26)17(2,3)4/h6-8H,5,9H2,1-4H3,(H,19,22)(H,21,24)(H,25,26). The van der Waals surface area contributed by atoms with Gasteiger partial charge in [-0.25, -0.2) is 9.80 Å². The van der Waals surface area contributed by atoms with Crippen LogP contribution in [0.15, 0.2) is 22.9 Å². The smallest absolute Gasteiger partial charge is 0.426 e. The number of carbonyl (C=O) groups excluding carboxylic acids is 1. The third-order valence-electron chi connectivity index (χ3n) is 3.47. The van der Waals surface area contributed by atoms with E-state index in [2.05, 4.69) is 36.6 Å². The molecule has 9 nitrogen and oxygen atoms in total. The van der Waals surface area contributed by atoms with Crippen molar-refractivity contribution in [2.24, 2.45) is 0 Å². The first-order chi connectivity index (χ1) is 12.6. The van der Waals surface area contributed by atoms with Crippen molar-refractivity contribution in [3.05, 3.63) is 22.9 Å². The number of pyridine rings is 2. The molecule has 0 atom stereocenters. The zero-order valence-electron chi connectivity index (χ0n) is 15.5. The first-order valence-electron chi connectivity index (χ1n) is 8.25. The zero-order valence-corrected chi connectivity index (χ0v) is 17.1. The van der Waals surface area contributed by atoms with Crippen LogP contribution >= 0.6 is 15.9 Å². The van der Waals surface area contributed by atoms with Crippen molar-refractivity contribution in [1.82, 2.24) is 15.0 Å². The van der Waals surface area contributed by atoms with E-state index >= 15 is 0 Å². The second-order valence-corrected chi connectivity index (χ2v) is 7.57. The van der Waals surface area contributed by atoms with Crippen LogP contribution in [0.3, 0.4) is 0 Å². The molecule has 0 fully saturated rings. The van der Waals surface area contributed by atoms with Crippen LogP contribution in [0.2, 0.25) is 0 Å². The minimum atomic E-state index is -1.17. The average Bonchev–Trinajstić information content (AvgIpc) is 2.57. The zero-order chi connectivity index (χ0) is 20.2. The molecule has 146 valence electrons. The highest BCUT2D eigenvalue weighted by molar-refractivity contribution is 9.10. The number of halogens is 1. The number of anilines is 2. The summed E-state index contributed by atoms with van der Waals surface area (Å²) in [5, 5.41) is 13.3. The van der Waals surface area contributed by atoms with Gasteiger partial charge in [-0.2, -0.15) is 0 Å². The number of rotatable bonds is 6. The number of carboxylic acid groups (broad SMARTS) is 1. The summed E-state index contributed by atoms with van der Waals surface area (Å²) < 4.78 is 5.83. The van der Waals surface area contributed by atoms with Crippen molar-refractivity contribution in [3.63, 3.8) is 0 Å². The Morgan fingerprint density at radius 2 is 2.00 bits per heavy atom. The molecule has 0 aliphatic rings. The fourth-order valence-corrected chi connectivity index (χ4v) is 2.57. The minimum absolute atomic E-state index is 0.121. The third kappa shape index (κ3) is 5.27. The lowest BCUT2D eigenvalue weighted by Gasteiger charge is -2.34. The highest BCUT2D eigenvalue weighted by Gasteiger charge is 2.28. The van der Waals surface area contributed by atoms with E-state index in [0.29, 0.717) is 29.0 Å². The second kappa shape index (κ2) is 8.49. The Balaban J connectivity index is 2.52. The molecule has 0 aromatic carbocycles. The second-order valence-electron chi connectivity index (χ2n) is 6.65. The molecule has 2 aromatic rings. The minimum Gasteiger partial charge on any atom is -0.464 e. The maximum absolute atomic E-state index is 12.1. The Hall–Kier alpha value is -2.46. The molecule has 0 saturated carbocycles. The topological polar surface area (TPSA) is 117 Å². The van der Waals surface area contributed by atoms with Gasteiger partial charge in [0.05, 0.1) is 22.9 Å².